The minimum Gasteiger partial charge on any atom is -1.00 e. The van der Waals surface area contributed by atoms with E-state index in [9.17, 15) is 4.79 Å². The second-order valence-electron chi connectivity index (χ2n) is 6.77. The highest BCUT2D eigenvalue weighted by molar-refractivity contribution is 7.13. The van der Waals surface area contributed by atoms with Gasteiger partial charge in [0, 0.05) is 17.0 Å². The molecular weight excluding hydrogens is 476 g/mol. The van der Waals surface area contributed by atoms with Crippen molar-refractivity contribution in [3.8, 4) is 21.8 Å². The third-order valence-corrected chi connectivity index (χ3v) is 6.58. The molecular formula is C24H17BrN2OS2. The fourth-order valence-electron chi connectivity index (χ4n) is 3.32. The van der Waals surface area contributed by atoms with Crippen molar-refractivity contribution in [1.82, 2.24) is 4.98 Å². The molecule has 0 radical (unpaired) electrons. The van der Waals surface area contributed by atoms with Crippen molar-refractivity contribution in [2.24, 2.45) is 0 Å². The zero-order chi connectivity index (χ0) is 19.6. The number of benzene rings is 2. The lowest BCUT2D eigenvalue weighted by molar-refractivity contribution is -0.682. The molecule has 0 bridgehead atoms. The molecule has 30 heavy (non-hydrogen) atoms. The number of pyridine rings is 1. The van der Waals surface area contributed by atoms with Crippen LogP contribution >= 0.6 is 22.7 Å². The van der Waals surface area contributed by atoms with E-state index in [1.54, 1.807) is 11.3 Å². The summed E-state index contributed by atoms with van der Waals surface area (Å²) in [5.74, 6) is 0.123. The van der Waals surface area contributed by atoms with Crippen LogP contribution in [-0.4, -0.2) is 10.8 Å². The molecule has 0 N–H and O–H groups in total. The summed E-state index contributed by atoms with van der Waals surface area (Å²) in [6.45, 7) is 0.331. The summed E-state index contributed by atoms with van der Waals surface area (Å²) in [4.78, 5) is 18.0. The molecule has 3 nitrogen and oxygen atoms in total. The van der Waals surface area contributed by atoms with Crippen LogP contribution in [0.1, 0.15) is 9.67 Å². The molecule has 0 atom stereocenters. The number of halogens is 1. The van der Waals surface area contributed by atoms with Crippen LogP contribution < -0.4 is 21.5 Å². The first-order chi connectivity index (χ1) is 14.3. The number of hydrogen-bond acceptors (Lipinski definition) is 4. The summed E-state index contributed by atoms with van der Waals surface area (Å²) in [6.07, 6.45) is 3.92. The van der Waals surface area contributed by atoms with Crippen LogP contribution in [-0.2, 0) is 6.54 Å². The summed E-state index contributed by atoms with van der Waals surface area (Å²) < 4.78 is 1.93. The molecule has 0 aliphatic carbocycles. The lowest BCUT2D eigenvalue weighted by Crippen LogP contribution is -3.00. The number of aromatic nitrogens is 2. The SMILES string of the molecule is O=C(C[n+]1cccc(-c2nc(-c3ccc4ccccc4c3)cs2)c1)c1cccs1.[Br-]. The predicted octanol–water partition coefficient (Wildman–Crippen LogP) is 2.87. The topological polar surface area (TPSA) is 33.8 Å². The number of fused-ring (bicyclic) bond motifs is 1. The van der Waals surface area contributed by atoms with Gasteiger partial charge >= 0.3 is 0 Å². The first-order valence-electron chi connectivity index (χ1n) is 9.27. The predicted molar refractivity (Wildman–Crippen MR) is 119 cm³/mol. The van der Waals surface area contributed by atoms with Crippen LogP contribution in [0.25, 0.3) is 32.6 Å². The van der Waals surface area contributed by atoms with Gasteiger partial charge in [-0.25, -0.2) is 4.98 Å². The normalized spacial score (nSPS) is 10.7. The number of Topliss-reactive ketones (excluding diaryl/α,β-unsaturated/α-hetero) is 1. The molecule has 0 saturated carbocycles. The van der Waals surface area contributed by atoms with Crippen molar-refractivity contribution in [2.75, 3.05) is 0 Å². The summed E-state index contributed by atoms with van der Waals surface area (Å²) in [5.41, 5.74) is 3.10. The standard InChI is InChI=1S/C24H17N2OS2.BrH/c27-22(23-8-4-12-28-23)15-26-11-3-7-20(14-26)24-25-21(16-29-24)19-10-9-17-5-1-2-6-18(17)13-19;/h1-14,16H,15H2;1H/q+1;/p-1. The summed E-state index contributed by atoms with van der Waals surface area (Å²) >= 11 is 3.10. The second-order valence-corrected chi connectivity index (χ2v) is 8.57. The van der Waals surface area contributed by atoms with Crippen molar-refractivity contribution in [3.05, 3.63) is 94.8 Å². The van der Waals surface area contributed by atoms with Gasteiger partial charge in [0.2, 0.25) is 12.3 Å². The highest BCUT2D eigenvalue weighted by atomic mass is 79.9. The van der Waals surface area contributed by atoms with E-state index in [1.807, 2.05) is 46.6 Å². The van der Waals surface area contributed by atoms with Crippen LogP contribution in [0, 0.1) is 0 Å². The Labute approximate surface area is 193 Å². The smallest absolute Gasteiger partial charge is 0.237 e. The van der Waals surface area contributed by atoms with E-state index in [-0.39, 0.29) is 22.8 Å². The second kappa shape index (κ2) is 9.00. The van der Waals surface area contributed by atoms with Crippen molar-refractivity contribution < 1.29 is 26.3 Å². The van der Waals surface area contributed by atoms with Crippen LogP contribution in [0.5, 0.6) is 0 Å². The Bertz CT molecular complexity index is 1310. The molecule has 2 aromatic carbocycles. The number of thiophene rings is 1. The fourth-order valence-corrected chi connectivity index (χ4v) is 4.79. The highest BCUT2D eigenvalue weighted by Gasteiger charge is 2.15. The van der Waals surface area contributed by atoms with Crippen molar-refractivity contribution in [1.29, 1.82) is 0 Å². The number of thiazole rings is 1. The Hall–Kier alpha value is -2.67. The van der Waals surface area contributed by atoms with Crippen LogP contribution in [0.3, 0.4) is 0 Å². The molecule has 6 heteroatoms. The number of nitrogens with zero attached hydrogens (tertiary/aromatic N) is 2. The monoisotopic (exact) mass is 492 g/mol. The van der Waals surface area contributed by atoms with E-state index in [0.717, 1.165) is 26.7 Å². The molecule has 5 rings (SSSR count). The molecule has 0 unspecified atom stereocenters. The zero-order valence-corrected chi connectivity index (χ0v) is 19.1. The average molecular weight is 493 g/mol. The number of hydrogen-bond donors (Lipinski definition) is 0. The van der Waals surface area contributed by atoms with Gasteiger partial charge < -0.3 is 17.0 Å². The van der Waals surface area contributed by atoms with E-state index in [0.29, 0.717) is 6.54 Å². The number of carbonyl (C=O) groups excluding carboxylic acids is 1. The molecule has 3 heterocycles. The Balaban J connectivity index is 0.00000218. The number of ketones is 1. The first kappa shape index (κ1) is 20.6. The van der Waals surface area contributed by atoms with E-state index in [1.165, 1.54) is 22.1 Å². The van der Waals surface area contributed by atoms with Crippen molar-refractivity contribution in [2.45, 2.75) is 6.54 Å². The Morgan fingerprint density at radius 3 is 2.60 bits per heavy atom. The van der Waals surface area contributed by atoms with Crippen molar-refractivity contribution >= 4 is 39.2 Å². The largest absolute Gasteiger partial charge is 1.00 e. The minimum atomic E-state index is 0. The van der Waals surface area contributed by atoms with Gasteiger partial charge in [-0.2, -0.15) is 4.57 Å². The molecule has 148 valence electrons. The Morgan fingerprint density at radius 2 is 1.77 bits per heavy atom. The maximum atomic E-state index is 12.4. The van der Waals surface area contributed by atoms with Crippen LogP contribution in [0.15, 0.2) is 89.9 Å². The lowest BCUT2D eigenvalue weighted by Gasteiger charge is -2.01. The molecule has 0 amide bonds. The molecule has 5 aromatic rings. The van der Waals surface area contributed by atoms with Gasteiger partial charge in [-0.05, 0) is 34.4 Å². The van der Waals surface area contributed by atoms with E-state index in [4.69, 9.17) is 4.98 Å². The molecule has 0 spiro atoms. The zero-order valence-electron chi connectivity index (χ0n) is 15.9. The maximum Gasteiger partial charge on any atom is 0.237 e. The third kappa shape index (κ3) is 4.26. The summed E-state index contributed by atoms with van der Waals surface area (Å²) in [5, 5.41) is 7.41. The van der Waals surface area contributed by atoms with Gasteiger partial charge in [-0.3, -0.25) is 4.79 Å². The van der Waals surface area contributed by atoms with Gasteiger partial charge in [-0.1, -0.05) is 42.5 Å². The van der Waals surface area contributed by atoms with Crippen molar-refractivity contribution in [3.63, 3.8) is 0 Å². The van der Waals surface area contributed by atoms with Crippen LogP contribution in [0.2, 0.25) is 0 Å². The van der Waals surface area contributed by atoms with Gasteiger partial charge in [0.25, 0.3) is 0 Å². The molecule has 0 saturated heterocycles. The number of rotatable bonds is 5. The van der Waals surface area contributed by atoms with Crippen LogP contribution in [0.4, 0.5) is 0 Å². The lowest BCUT2D eigenvalue weighted by atomic mass is 10.1. The van der Waals surface area contributed by atoms with E-state index >= 15 is 0 Å². The first-order valence-corrected chi connectivity index (χ1v) is 11.0. The third-order valence-electron chi connectivity index (χ3n) is 4.78. The van der Waals surface area contributed by atoms with Gasteiger partial charge in [0.1, 0.15) is 5.01 Å². The average Bonchev–Trinajstić information content (AvgIpc) is 3.46. The van der Waals surface area contributed by atoms with Gasteiger partial charge in [-0.15, -0.1) is 22.7 Å². The Morgan fingerprint density at radius 1 is 0.900 bits per heavy atom. The quantitative estimate of drug-likeness (QED) is 0.279. The highest BCUT2D eigenvalue weighted by Crippen LogP contribution is 2.30. The molecule has 0 aliphatic heterocycles. The van der Waals surface area contributed by atoms with Gasteiger partial charge in [0.05, 0.1) is 16.1 Å². The van der Waals surface area contributed by atoms with E-state index in [2.05, 4.69) is 47.8 Å². The fraction of sp³-hybridized carbons (Fsp3) is 0.0417. The number of carbonyl (C=O) groups is 1. The summed E-state index contributed by atoms with van der Waals surface area (Å²) in [6, 6.07) is 22.6. The molecule has 3 aromatic heterocycles. The molecule has 0 fully saturated rings. The minimum absolute atomic E-state index is 0. The van der Waals surface area contributed by atoms with E-state index < -0.39 is 0 Å². The molecule has 0 aliphatic rings. The van der Waals surface area contributed by atoms with Gasteiger partial charge in [0.15, 0.2) is 12.4 Å². The summed E-state index contributed by atoms with van der Waals surface area (Å²) in [7, 11) is 0. The Kier molecular flexibility index (Phi) is 6.18. The maximum absolute atomic E-state index is 12.4.